The summed E-state index contributed by atoms with van der Waals surface area (Å²) in [6.07, 6.45) is 1.83. The first-order valence-electron chi connectivity index (χ1n) is 38.7. The molecule has 19 aromatic rings. The lowest BCUT2D eigenvalue weighted by molar-refractivity contribution is 0.628. The summed E-state index contributed by atoms with van der Waals surface area (Å²) in [5, 5.41) is 1.79. The molecule has 6 heterocycles. The van der Waals surface area contributed by atoms with Gasteiger partial charge < -0.3 is 0 Å². The van der Waals surface area contributed by atoms with Crippen molar-refractivity contribution < 1.29 is 4.39 Å². The standard InChI is InChI=1S/C22H18N2.C17H16N2.C16H12Cl2N2.C16H13ClN2.C16H13FN2.C15H12N2/c1-15-8-13-20-21(14-15)24-22(16(2)23-20)19-11-9-18(10-12-19)17-6-4-3-5-7-17;1-11-4-7-14(8-5-11)17-13(3)18-15-9-6-12(2)10-16(15)19-17;1-9-3-6-14-15(7-9)20-16(10(2)19-14)11-4-5-12(17)13(18)8-11;2*1-10-3-8-14-15(9-10)19-16(11(2)18-14)12-4-6-13(17)7-5-12;1-11-7-8-13-14(9-11)16-10-15(17-13)12-5-3-2-4-6-12/h3-14H,1-2H3;4-10H,1-3H3;3-8H,1-2H3;2*3-9H,1-2H3;2-10H,1H3. The number of halogens is 4. The second-order valence-electron chi connectivity index (χ2n) is 29.3. The predicted molar refractivity (Wildman–Crippen MR) is 487 cm³/mol. The molecule has 0 amide bonds. The maximum atomic E-state index is 13.0. The van der Waals surface area contributed by atoms with Crippen LogP contribution in [0.5, 0.6) is 0 Å². The number of nitrogens with zero attached hydrogens (tertiary/aromatic N) is 12. The van der Waals surface area contributed by atoms with Gasteiger partial charge in [-0.1, -0.05) is 204 Å². The Hall–Kier alpha value is -13.3. The summed E-state index contributed by atoms with van der Waals surface area (Å²) in [5.41, 5.74) is 38.0. The summed E-state index contributed by atoms with van der Waals surface area (Å²) in [6, 6.07) is 93.7. The molecule has 0 unspecified atom stereocenters. The fourth-order valence-corrected chi connectivity index (χ4v) is 13.9. The van der Waals surface area contributed by atoms with Gasteiger partial charge in [-0.15, -0.1) is 0 Å². The van der Waals surface area contributed by atoms with Crippen molar-refractivity contribution in [2.45, 2.75) is 83.1 Å². The van der Waals surface area contributed by atoms with E-state index in [1.54, 1.807) is 18.2 Å². The summed E-state index contributed by atoms with van der Waals surface area (Å²) in [7, 11) is 0. The average molecular weight is 1600 g/mol. The molecule has 118 heavy (non-hydrogen) atoms. The van der Waals surface area contributed by atoms with Crippen molar-refractivity contribution in [1.82, 2.24) is 59.8 Å². The van der Waals surface area contributed by atoms with Crippen LogP contribution in [0, 0.1) is 88.9 Å². The van der Waals surface area contributed by atoms with E-state index in [0.29, 0.717) is 10.0 Å². The predicted octanol–water partition coefficient (Wildman–Crippen LogP) is 27.2. The van der Waals surface area contributed by atoms with E-state index < -0.39 is 0 Å². The van der Waals surface area contributed by atoms with E-state index in [9.17, 15) is 4.39 Å². The largest absolute Gasteiger partial charge is 0.252 e. The number of aromatic nitrogens is 12. The molecule has 0 bridgehead atoms. The van der Waals surface area contributed by atoms with Crippen molar-refractivity contribution in [1.29, 1.82) is 0 Å². The van der Waals surface area contributed by atoms with Crippen molar-refractivity contribution in [3.63, 3.8) is 0 Å². The minimum absolute atomic E-state index is 0.244. The third kappa shape index (κ3) is 20.0. The van der Waals surface area contributed by atoms with Crippen molar-refractivity contribution in [2.75, 3.05) is 0 Å². The normalized spacial score (nSPS) is 10.9. The lowest BCUT2D eigenvalue weighted by Crippen LogP contribution is -1.94. The number of aryl methyl sites for hydroxylation is 12. The fourth-order valence-electron chi connectivity index (χ4n) is 13.5. The SMILES string of the molecule is Cc1ccc(-c2nc3cc(C)ccc3nc2C)cc1.Cc1ccc2nc(-c3ccccc3)cnc2c1.Cc1ccc2nc(C)c(-c3ccc(-c4ccccc4)cc3)nc2c1.Cc1ccc2nc(C)c(-c3ccc(Cl)c(Cl)c3)nc2c1.Cc1ccc2nc(C)c(-c3ccc(Cl)cc3)nc2c1.Cc1ccc2nc(C)c(-c3ccc(F)cc3)nc2c1. The van der Waals surface area contributed by atoms with Crippen molar-refractivity contribution >= 4 is 101 Å². The van der Waals surface area contributed by atoms with Gasteiger partial charge in [-0.2, -0.15) is 0 Å². The molecule has 580 valence electrons. The molecule has 0 aliphatic rings. The molecule has 0 aliphatic carbocycles. The van der Waals surface area contributed by atoms with E-state index in [-0.39, 0.29) is 5.82 Å². The lowest BCUT2D eigenvalue weighted by atomic mass is 10.0. The highest BCUT2D eigenvalue weighted by molar-refractivity contribution is 6.42. The monoisotopic (exact) mass is 1600 g/mol. The first-order chi connectivity index (χ1) is 57.0. The van der Waals surface area contributed by atoms with E-state index in [2.05, 4.69) is 191 Å². The van der Waals surface area contributed by atoms with Gasteiger partial charge in [0.05, 0.1) is 145 Å². The molecule has 0 spiro atoms. The Labute approximate surface area is 701 Å². The van der Waals surface area contributed by atoms with Crippen LogP contribution in [-0.2, 0) is 0 Å². The lowest BCUT2D eigenvalue weighted by Gasteiger charge is -2.08. The molecule has 16 heteroatoms. The Morgan fingerprint density at radius 3 is 0.831 bits per heavy atom. The summed E-state index contributed by atoms with van der Waals surface area (Å²) in [6.45, 7) is 24.3. The fraction of sp³-hybridized carbons (Fsp3) is 0.118. The third-order valence-corrected chi connectivity index (χ3v) is 20.7. The van der Waals surface area contributed by atoms with Crippen LogP contribution >= 0.6 is 34.8 Å². The maximum absolute atomic E-state index is 13.0. The molecule has 0 aliphatic heterocycles. The first-order valence-corrected chi connectivity index (χ1v) is 39.9. The Bertz CT molecular complexity index is 6540. The summed E-state index contributed by atoms with van der Waals surface area (Å²) < 4.78 is 13.0. The highest BCUT2D eigenvalue weighted by Gasteiger charge is 2.15. The molecule has 0 saturated carbocycles. The van der Waals surface area contributed by atoms with Crippen LogP contribution in [0.2, 0.25) is 15.1 Å². The van der Waals surface area contributed by atoms with E-state index >= 15 is 0 Å². The smallest absolute Gasteiger partial charge is 0.123 e. The van der Waals surface area contributed by atoms with Crippen LogP contribution in [0.15, 0.2) is 291 Å². The van der Waals surface area contributed by atoms with Crippen LogP contribution in [0.1, 0.15) is 67.4 Å². The Morgan fingerprint density at radius 1 is 0.203 bits per heavy atom. The van der Waals surface area contributed by atoms with Crippen LogP contribution < -0.4 is 0 Å². The van der Waals surface area contributed by atoms with Gasteiger partial charge >= 0.3 is 0 Å². The molecule has 6 aromatic heterocycles. The van der Waals surface area contributed by atoms with Crippen LogP contribution in [-0.4, -0.2) is 59.8 Å². The molecule has 0 fully saturated rings. The molecule has 19 rings (SSSR count). The van der Waals surface area contributed by atoms with Crippen LogP contribution in [0.3, 0.4) is 0 Å². The van der Waals surface area contributed by atoms with Gasteiger partial charge in [-0.05, 0) is 249 Å². The second kappa shape index (κ2) is 36.7. The zero-order valence-electron chi connectivity index (χ0n) is 67.6. The Balaban J connectivity index is 0.000000117. The van der Waals surface area contributed by atoms with Crippen LogP contribution in [0.25, 0.3) is 145 Å². The van der Waals surface area contributed by atoms with E-state index in [0.717, 1.165) is 178 Å². The zero-order valence-corrected chi connectivity index (χ0v) is 69.9. The van der Waals surface area contributed by atoms with Gasteiger partial charge in [0.25, 0.3) is 0 Å². The maximum Gasteiger partial charge on any atom is 0.123 e. The topological polar surface area (TPSA) is 155 Å². The Morgan fingerprint density at radius 2 is 0.475 bits per heavy atom. The number of hydrogen-bond donors (Lipinski definition) is 0. The highest BCUT2D eigenvalue weighted by Crippen LogP contribution is 2.34. The second-order valence-corrected chi connectivity index (χ2v) is 30.6. The van der Waals surface area contributed by atoms with Crippen molar-refractivity contribution in [3.8, 4) is 78.7 Å². The van der Waals surface area contributed by atoms with Gasteiger partial charge in [0.15, 0.2) is 0 Å². The van der Waals surface area contributed by atoms with Gasteiger partial charge in [-0.25, -0.2) is 59.2 Å². The first kappa shape index (κ1) is 81.3. The average Bonchev–Trinajstić information content (AvgIpc) is 0.803. The molecule has 0 atom stereocenters. The summed E-state index contributed by atoms with van der Waals surface area (Å²) >= 11 is 18.0. The van der Waals surface area contributed by atoms with Crippen molar-refractivity contribution in [3.05, 3.63) is 380 Å². The van der Waals surface area contributed by atoms with E-state index in [1.165, 1.54) is 51.1 Å². The zero-order chi connectivity index (χ0) is 82.7. The summed E-state index contributed by atoms with van der Waals surface area (Å²) in [4.78, 5) is 55.9. The van der Waals surface area contributed by atoms with E-state index in [4.69, 9.17) is 59.7 Å². The number of fused-ring (bicyclic) bond motifs is 6. The minimum atomic E-state index is -0.244. The molecule has 13 aromatic carbocycles. The number of rotatable bonds is 7. The summed E-state index contributed by atoms with van der Waals surface area (Å²) in [5.74, 6) is -0.244. The van der Waals surface area contributed by atoms with E-state index in [1.807, 2.05) is 188 Å². The van der Waals surface area contributed by atoms with Gasteiger partial charge in [0.1, 0.15) is 5.82 Å². The van der Waals surface area contributed by atoms with Crippen molar-refractivity contribution in [2.24, 2.45) is 0 Å². The molecule has 0 saturated heterocycles. The molecule has 12 nitrogen and oxygen atoms in total. The molecule has 0 N–H and O–H groups in total. The van der Waals surface area contributed by atoms with Gasteiger partial charge in [-0.3, -0.25) is 4.98 Å². The Kier molecular flexibility index (Phi) is 25.3. The number of benzene rings is 13. The quantitative estimate of drug-likeness (QED) is 0.149. The molecular weight excluding hydrogens is 1520 g/mol. The highest BCUT2D eigenvalue weighted by atomic mass is 35.5. The number of hydrogen-bond acceptors (Lipinski definition) is 12. The molecular formula is C102H84Cl3FN12. The van der Waals surface area contributed by atoms with Gasteiger partial charge in [0, 0.05) is 38.4 Å². The molecule has 0 radical (unpaired) electrons. The van der Waals surface area contributed by atoms with Gasteiger partial charge in [0.2, 0.25) is 0 Å². The van der Waals surface area contributed by atoms with Crippen LogP contribution in [0.4, 0.5) is 4.39 Å². The minimum Gasteiger partial charge on any atom is -0.252 e. The third-order valence-electron chi connectivity index (χ3n) is 19.8.